The van der Waals surface area contributed by atoms with Gasteiger partial charge in [-0.1, -0.05) is 13.8 Å². The molecule has 0 bridgehead atoms. The molecule has 4 heteroatoms. The van der Waals surface area contributed by atoms with Gasteiger partial charge in [0, 0.05) is 39.0 Å². The topological polar surface area (TPSA) is 40.6 Å². The van der Waals surface area contributed by atoms with Crippen molar-refractivity contribution in [1.82, 2.24) is 9.80 Å². The second-order valence-corrected chi connectivity index (χ2v) is 5.78. The van der Waals surface area contributed by atoms with Crippen molar-refractivity contribution in [2.24, 2.45) is 5.92 Å². The van der Waals surface area contributed by atoms with E-state index in [9.17, 15) is 9.59 Å². The van der Waals surface area contributed by atoms with E-state index in [1.165, 1.54) is 0 Å². The van der Waals surface area contributed by atoms with Gasteiger partial charge in [-0.05, 0) is 32.1 Å². The molecule has 1 aliphatic heterocycles. The molecule has 1 atom stereocenters. The van der Waals surface area contributed by atoms with E-state index in [-0.39, 0.29) is 17.9 Å². The highest BCUT2D eigenvalue weighted by Crippen LogP contribution is 2.17. The number of rotatable bonds is 5. The molecule has 0 aliphatic carbocycles. The monoisotopic (exact) mass is 268 g/mol. The molecule has 0 saturated carbocycles. The molecule has 0 N–H and O–H groups in total. The van der Waals surface area contributed by atoms with Crippen LogP contribution in [-0.4, -0.2) is 47.3 Å². The minimum absolute atomic E-state index is 0.0643. The van der Waals surface area contributed by atoms with Gasteiger partial charge in [0.25, 0.3) is 0 Å². The number of carbonyl (C=O) groups excluding carboxylic acids is 2. The number of amides is 2. The first kappa shape index (κ1) is 16.0. The molecule has 1 heterocycles. The number of hydrogen-bond donors (Lipinski definition) is 0. The number of piperidine rings is 1. The summed E-state index contributed by atoms with van der Waals surface area (Å²) < 4.78 is 0. The smallest absolute Gasteiger partial charge is 0.224 e. The van der Waals surface area contributed by atoms with Gasteiger partial charge in [0.15, 0.2) is 0 Å². The van der Waals surface area contributed by atoms with Crippen molar-refractivity contribution in [3.8, 4) is 0 Å². The molecule has 1 rings (SSSR count). The molecule has 1 fully saturated rings. The van der Waals surface area contributed by atoms with Crippen molar-refractivity contribution in [2.45, 2.75) is 59.4 Å². The third kappa shape index (κ3) is 4.84. The van der Waals surface area contributed by atoms with E-state index in [0.29, 0.717) is 13.0 Å². The lowest BCUT2D eigenvalue weighted by molar-refractivity contribution is -0.135. The van der Waals surface area contributed by atoms with Crippen LogP contribution in [0.3, 0.4) is 0 Å². The predicted octanol–water partition coefficient (Wildman–Crippen LogP) is 2.28. The van der Waals surface area contributed by atoms with Crippen LogP contribution in [0.1, 0.15) is 53.4 Å². The Morgan fingerprint density at radius 3 is 2.37 bits per heavy atom. The highest BCUT2D eigenvalue weighted by Gasteiger charge is 2.22. The first-order chi connectivity index (χ1) is 8.95. The molecule has 0 spiro atoms. The average molecular weight is 268 g/mol. The molecule has 19 heavy (non-hydrogen) atoms. The third-order valence-corrected chi connectivity index (χ3v) is 4.23. The molecule has 4 nitrogen and oxygen atoms in total. The summed E-state index contributed by atoms with van der Waals surface area (Å²) in [6, 6.07) is 0.215. The summed E-state index contributed by atoms with van der Waals surface area (Å²) in [5.74, 6) is 0.994. The number of likely N-dealkylation sites (tertiary alicyclic amines) is 1. The minimum Gasteiger partial charge on any atom is -0.343 e. The second-order valence-electron chi connectivity index (χ2n) is 5.78. The number of hydrogen-bond acceptors (Lipinski definition) is 2. The molecule has 1 unspecified atom stereocenters. The van der Waals surface area contributed by atoms with Crippen molar-refractivity contribution < 1.29 is 9.59 Å². The Balaban J connectivity index is 2.41. The molecule has 0 aromatic rings. The Hall–Kier alpha value is -1.06. The van der Waals surface area contributed by atoms with Crippen LogP contribution in [0, 0.1) is 5.92 Å². The van der Waals surface area contributed by atoms with Gasteiger partial charge in [0.2, 0.25) is 11.8 Å². The molecular formula is C15H28N2O2. The first-order valence-corrected chi connectivity index (χ1v) is 7.50. The fraction of sp³-hybridized carbons (Fsp3) is 0.867. The lowest BCUT2D eigenvalue weighted by Crippen LogP contribution is -2.42. The molecule has 0 radical (unpaired) electrons. The van der Waals surface area contributed by atoms with Gasteiger partial charge in [-0.2, -0.15) is 0 Å². The molecule has 0 aromatic carbocycles. The van der Waals surface area contributed by atoms with Crippen molar-refractivity contribution in [2.75, 3.05) is 19.6 Å². The summed E-state index contributed by atoms with van der Waals surface area (Å²) in [6.45, 7) is 10.2. The summed E-state index contributed by atoms with van der Waals surface area (Å²) in [7, 11) is 0. The molecule has 110 valence electrons. The number of carbonyl (C=O) groups is 2. The van der Waals surface area contributed by atoms with Gasteiger partial charge in [-0.3, -0.25) is 9.59 Å². The van der Waals surface area contributed by atoms with E-state index in [4.69, 9.17) is 0 Å². The average Bonchev–Trinajstić information content (AvgIpc) is 2.38. The Morgan fingerprint density at radius 1 is 1.32 bits per heavy atom. The maximum atomic E-state index is 12.1. The molecule has 2 amide bonds. The first-order valence-electron chi connectivity index (χ1n) is 7.50. The molecule has 0 aromatic heterocycles. The van der Waals surface area contributed by atoms with Gasteiger partial charge in [-0.25, -0.2) is 0 Å². The van der Waals surface area contributed by atoms with Gasteiger partial charge >= 0.3 is 0 Å². The Morgan fingerprint density at radius 2 is 1.89 bits per heavy atom. The van der Waals surface area contributed by atoms with Gasteiger partial charge < -0.3 is 9.80 Å². The van der Waals surface area contributed by atoms with E-state index in [1.54, 1.807) is 6.92 Å². The van der Waals surface area contributed by atoms with Crippen molar-refractivity contribution in [1.29, 1.82) is 0 Å². The molecular weight excluding hydrogens is 240 g/mol. The van der Waals surface area contributed by atoms with Gasteiger partial charge in [0.05, 0.1) is 0 Å². The predicted molar refractivity (Wildman–Crippen MR) is 76.7 cm³/mol. The Kier molecular flexibility index (Phi) is 6.32. The van der Waals surface area contributed by atoms with E-state index in [0.717, 1.165) is 38.3 Å². The zero-order valence-electron chi connectivity index (χ0n) is 12.8. The lowest BCUT2D eigenvalue weighted by Gasteiger charge is -2.32. The Bertz CT molecular complexity index is 309. The Labute approximate surface area is 117 Å². The van der Waals surface area contributed by atoms with Crippen molar-refractivity contribution in [3.63, 3.8) is 0 Å². The van der Waals surface area contributed by atoms with E-state index in [2.05, 4.69) is 13.8 Å². The van der Waals surface area contributed by atoms with E-state index < -0.39 is 0 Å². The second kappa shape index (κ2) is 7.51. The highest BCUT2D eigenvalue weighted by atomic mass is 16.2. The van der Waals surface area contributed by atoms with Crippen molar-refractivity contribution in [3.05, 3.63) is 0 Å². The van der Waals surface area contributed by atoms with E-state index >= 15 is 0 Å². The maximum absolute atomic E-state index is 12.1. The zero-order chi connectivity index (χ0) is 14.4. The summed E-state index contributed by atoms with van der Waals surface area (Å²) in [5.41, 5.74) is 0. The van der Waals surface area contributed by atoms with Crippen LogP contribution in [-0.2, 0) is 9.59 Å². The van der Waals surface area contributed by atoms with Gasteiger partial charge in [0.1, 0.15) is 0 Å². The summed E-state index contributed by atoms with van der Waals surface area (Å²) in [5, 5.41) is 0. The summed E-state index contributed by atoms with van der Waals surface area (Å²) in [4.78, 5) is 27.5. The fourth-order valence-electron chi connectivity index (χ4n) is 2.54. The minimum atomic E-state index is 0.0643. The number of nitrogens with zero attached hydrogens (tertiary/aromatic N) is 2. The van der Waals surface area contributed by atoms with E-state index in [1.807, 2.05) is 16.7 Å². The largest absolute Gasteiger partial charge is 0.343 e. The van der Waals surface area contributed by atoms with Crippen LogP contribution in [0.2, 0.25) is 0 Å². The van der Waals surface area contributed by atoms with Crippen LogP contribution in [0.15, 0.2) is 0 Å². The summed E-state index contributed by atoms with van der Waals surface area (Å²) in [6.07, 6.45) is 3.59. The van der Waals surface area contributed by atoms with Crippen LogP contribution in [0.25, 0.3) is 0 Å². The third-order valence-electron chi connectivity index (χ3n) is 4.23. The SMILES string of the molecule is CCC(C)N(CCC(=O)N1CCC(C)CC1)C(C)=O. The van der Waals surface area contributed by atoms with Crippen LogP contribution in [0.5, 0.6) is 0 Å². The zero-order valence-corrected chi connectivity index (χ0v) is 12.8. The standard InChI is InChI=1S/C15H28N2O2/c1-5-13(3)17(14(4)18)11-8-15(19)16-9-6-12(2)7-10-16/h12-13H,5-11H2,1-4H3. The van der Waals surface area contributed by atoms with Crippen LogP contribution < -0.4 is 0 Å². The summed E-state index contributed by atoms with van der Waals surface area (Å²) >= 11 is 0. The van der Waals surface area contributed by atoms with Gasteiger partial charge in [-0.15, -0.1) is 0 Å². The molecule has 1 aliphatic rings. The lowest BCUT2D eigenvalue weighted by atomic mass is 9.99. The van der Waals surface area contributed by atoms with Crippen molar-refractivity contribution >= 4 is 11.8 Å². The van der Waals surface area contributed by atoms with Crippen LogP contribution >= 0.6 is 0 Å². The van der Waals surface area contributed by atoms with Crippen LogP contribution in [0.4, 0.5) is 0 Å². The maximum Gasteiger partial charge on any atom is 0.224 e. The highest BCUT2D eigenvalue weighted by molar-refractivity contribution is 5.78. The molecule has 1 saturated heterocycles. The fourth-order valence-corrected chi connectivity index (χ4v) is 2.54. The normalized spacial score (nSPS) is 18.2. The quantitative estimate of drug-likeness (QED) is 0.767.